The molecule has 0 aliphatic carbocycles. The fraction of sp³-hybridized carbons (Fsp3) is 0.406. The number of aromatic nitrogens is 1. The number of nitrogens with one attached hydrogen (secondary N) is 2. The number of carbonyl (C=O) groups is 2. The molecule has 1 fully saturated rings. The number of rotatable bonds is 5. The molecule has 1 aromatic heterocycles. The highest BCUT2D eigenvalue weighted by Crippen LogP contribution is 2.31. The predicted octanol–water partition coefficient (Wildman–Crippen LogP) is 3.03. The lowest BCUT2D eigenvalue weighted by molar-refractivity contribution is -0.125. The number of nitrogens with zero attached hydrogens (tertiary/aromatic N) is 2. The first-order valence-electron chi connectivity index (χ1n) is 14.4. The van der Waals surface area contributed by atoms with Crippen molar-refractivity contribution in [2.24, 2.45) is 0 Å². The van der Waals surface area contributed by atoms with Gasteiger partial charge in [-0.3, -0.25) is 19.5 Å². The number of methoxy groups -OCH3 is 3. The monoisotopic (exact) mass is 608 g/mol. The van der Waals surface area contributed by atoms with Crippen molar-refractivity contribution in [3.05, 3.63) is 71.3 Å². The molecule has 4 bridgehead atoms. The number of hydrogen-bond acceptors (Lipinski definition) is 9. The molecular formula is C32H37FN4O7. The lowest BCUT2D eigenvalue weighted by atomic mass is 10.0. The van der Waals surface area contributed by atoms with Crippen LogP contribution in [-0.2, 0) is 29.1 Å². The summed E-state index contributed by atoms with van der Waals surface area (Å²) in [6, 6.07) is 11.0. The number of likely N-dealkylation sites (tertiary alicyclic amines) is 1. The average molecular weight is 609 g/mol. The molecule has 3 aromatic rings. The molecule has 0 unspecified atom stereocenters. The van der Waals surface area contributed by atoms with Crippen LogP contribution in [0.25, 0.3) is 0 Å². The first-order valence-corrected chi connectivity index (χ1v) is 14.4. The number of carbonyl (C=O) groups excluding carboxylic acids is 2. The second kappa shape index (κ2) is 14.3. The largest absolute Gasteiger partial charge is 0.493 e. The first kappa shape index (κ1) is 30.9. The van der Waals surface area contributed by atoms with Gasteiger partial charge in [0, 0.05) is 50.9 Å². The Morgan fingerprint density at radius 2 is 1.82 bits per heavy atom. The number of pyridine rings is 1. The minimum Gasteiger partial charge on any atom is -0.493 e. The summed E-state index contributed by atoms with van der Waals surface area (Å²) < 4.78 is 43.2. The number of fused-ring (bicyclic) bond motifs is 5. The van der Waals surface area contributed by atoms with E-state index in [-0.39, 0.29) is 31.4 Å². The van der Waals surface area contributed by atoms with E-state index >= 15 is 0 Å². The van der Waals surface area contributed by atoms with E-state index in [1.165, 1.54) is 19.2 Å². The Labute approximate surface area is 255 Å². The van der Waals surface area contributed by atoms with Crippen molar-refractivity contribution in [2.75, 3.05) is 41.0 Å². The van der Waals surface area contributed by atoms with Gasteiger partial charge < -0.3 is 34.3 Å². The van der Waals surface area contributed by atoms with E-state index < -0.39 is 18.0 Å². The highest BCUT2D eigenvalue weighted by Gasteiger charge is 2.33. The number of halogens is 1. The maximum absolute atomic E-state index is 14.6. The maximum atomic E-state index is 14.6. The van der Waals surface area contributed by atoms with E-state index in [2.05, 4.69) is 20.5 Å². The summed E-state index contributed by atoms with van der Waals surface area (Å²) in [4.78, 5) is 32.4. The van der Waals surface area contributed by atoms with Gasteiger partial charge in [-0.25, -0.2) is 4.39 Å². The quantitative estimate of drug-likeness (QED) is 0.451. The Balaban J connectivity index is 1.40. The summed E-state index contributed by atoms with van der Waals surface area (Å²) in [7, 11) is 4.66. The standard InChI is InChI=1S/C32H37FN4O7/c1-40-27-6-4-20-5-7-30(38)35-16-21-12-22(33)15-23(13-21)44-26-9-11-37(17-24(26)36-31(39)19-43-29(27)14-20)18-25-32(42-3)28(41-2)8-10-34-25/h4,6,8,10,12-15,24,26H,5,7,9,11,16-19H2,1-3H3,(H,35,38)(H,36,39)/t24-,26-/m1/s1. The predicted molar refractivity (Wildman–Crippen MR) is 159 cm³/mol. The molecule has 0 spiro atoms. The van der Waals surface area contributed by atoms with Gasteiger partial charge in [0.15, 0.2) is 29.6 Å². The molecule has 2 aromatic carbocycles. The molecule has 44 heavy (non-hydrogen) atoms. The van der Waals surface area contributed by atoms with Crippen LogP contribution in [0.4, 0.5) is 4.39 Å². The number of aryl methyl sites for hydroxylation is 1. The van der Waals surface area contributed by atoms with E-state index in [1.807, 2.05) is 6.07 Å². The Morgan fingerprint density at radius 3 is 2.61 bits per heavy atom. The van der Waals surface area contributed by atoms with E-state index in [0.29, 0.717) is 72.5 Å². The van der Waals surface area contributed by atoms with Gasteiger partial charge in [-0.15, -0.1) is 0 Å². The van der Waals surface area contributed by atoms with Gasteiger partial charge in [-0.1, -0.05) is 6.07 Å². The van der Waals surface area contributed by atoms with Gasteiger partial charge in [0.2, 0.25) is 5.91 Å². The average Bonchev–Trinajstić information content (AvgIpc) is 3.02. The number of benzene rings is 2. The lowest BCUT2D eigenvalue weighted by Crippen LogP contribution is -2.57. The summed E-state index contributed by atoms with van der Waals surface area (Å²) in [6.07, 6.45) is 2.41. The molecule has 2 aliphatic rings. The number of hydrogen-bond donors (Lipinski definition) is 2. The maximum Gasteiger partial charge on any atom is 0.258 e. The topological polar surface area (TPSA) is 120 Å². The molecular weight excluding hydrogens is 571 g/mol. The number of amides is 2. The van der Waals surface area contributed by atoms with E-state index in [0.717, 1.165) is 5.56 Å². The highest BCUT2D eigenvalue weighted by molar-refractivity contribution is 5.78. The van der Waals surface area contributed by atoms with Crippen molar-refractivity contribution >= 4 is 11.8 Å². The summed E-state index contributed by atoms with van der Waals surface area (Å²) in [5, 5.41) is 5.92. The minimum atomic E-state index is -0.477. The highest BCUT2D eigenvalue weighted by atomic mass is 19.1. The van der Waals surface area contributed by atoms with Crippen molar-refractivity contribution in [1.82, 2.24) is 20.5 Å². The SMILES string of the molecule is COc1ccc2cc1OCC(=O)N[C@@H]1CN(Cc3nccc(OC)c3OC)CC[C@H]1Oc1cc(F)cc(c1)CNC(=O)CC2. The summed E-state index contributed by atoms with van der Waals surface area (Å²) >= 11 is 0. The lowest BCUT2D eigenvalue weighted by Gasteiger charge is -2.38. The van der Waals surface area contributed by atoms with Crippen molar-refractivity contribution < 1.29 is 37.7 Å². The second-order valence-electron chi connectivity index (χ2n) is 10.7. The smallest absolute Gasteiger partial charge is 0.258 e. The van der Waals surface area contributed by atoms with Crippen LogP contribution in [0.3, 0.4) is 0 Å². The fourth-order valence-electron chi connectivity index (χ4n) is 5.49. The van der Waals surface area contributed by atoms with Crippen molar-refractivity contribution in [1.29, 1.82) is 0 Å². The van der Waals surface area contributed by atoms with Crippen LogP contribution in [0.15, 0.2) is 48.7 Å². The van der Waals surface area contributed by atoms with Gasteiger partial charge in [0.25, 0.3) is 5.91 Å². The molecule has 2 aliphatic heterocycles. The normalized spacial score (nSPS) is 19.5. The molecule has 0 radical (unpaired) electrons. The van der Waals surface area contributed by atoms with Crippen molar-refractivity contribution in [2.45, 2.75) is 44.5 Å². The summed E-state index contributed by atoms with van der Waals surface area (Å²) in [6.45, 7) is 1.38. The molecule has 2 amide bonds. The minimum absolute atomic E-state index is 0.151. The van der Waals surface area contributed by atoms with E-state index in [9.17, 15) is 14.0 Å². The van der Waals surface area contributed by atoms with Crippen LogP contribution in [0.2, 0.25) is 0 Å². The Morgan fingerprint density at radius 1 is 0.977 bits per heavy atom. The Kier molecular flexibility index (Phi) is 10.0. The molecule has 2 atom stereocenters. The molecule has 1 saturated heterocycles. The van der Waals surface area contributed by atoms with Gasteiger partial charge >= 0.3 is 0 Å². The van der Waals surface area contributed by atoms with E-state index in [1.54, 1.807) is 44.7 Å². The molecule has 234 valence electrons. The van der Waals surface area contributed by atoms with Crippen LogP contribution in [-0.4, -0.2) is 74.9 Å². The second-order valence-corrected chi connectivity index (χ2v) is 10.7. The van der Waals surface area contributed by atoms with Gasteiger partial charge in [0.1, 0.15) is 23.4 Å². The van der Waals surface area contributed by atoms with Crippen LogP contribution in [0.1, 0.15) is 29.7 Å². The third-order valence-corrected chi connectivity index (χ3v) is 7.66. The van der Waals surface area contributed by atoms with Gasteiger partial charge in [-0.2, -0.15) is 0 Å². The fourth-order valence-corrected chi connectivity index (χ4v) is 5.49. The molecule has 2 N–H and O–H groups in total. The zero-order valence-electron chi connectivity index (χ0n) is 25.1. The summed E-state index contributed by atoms with van der Waals surface area (Å²) in [5.74, 6) is 1.32. The zero-order valence-corrected chi connectivity index (χ0v) is 25.1. The molecule has 12 heteroatoms. The number of ether oxygens (including phenoxy) is 5. The van der Waals surface area contributed by atoms with Crippen LogP contribution in [0, 0.1) is 5.82 Å². The van der Waals surface area contributed by atoms with Crippen LogP contribution < -0.4 is 34.3 Å². The number of piperidine rings is 1. The Hall–Kier alpha value is -4.58. The van der Waals surface area contributed by atoms with Crippen LogP contribution in [0.5, 0.6) is 28.7 Å². The summed E-state index contributed by atoms with van der Waals surface area (Å²) in [5.41, 5.74) is 2.12. The molecule has 0 saturated carbocycles. The van der Waals surface area contributed by atoms with Crippen LogP contribution >= 0.6 is 0 Å². The Bertz CT molecular complexity index is 1490. The van der Waals surface area contributed by atoms with Crippen molar-refractivity contribution in [3.63, 3.8) is 0 Å². The zero-order chi connectivity index (χ0) is 31.1. The molecule has 5 rings (SSSR count). The molecule has 3 heterocycles. The molecule has 11 nitrogen and oxygen atoms in total. The third-order valence-electron chi connectivity index (χ3n) is 7.66. The van der Waals surface area contributed by atoms with E-state index in [4.69, 9.17) is 23.7 Å². The third kappa shape index (κ3) is 7.67. The first-order chi connectivity index (χ1) is 21.3. The van der Waals surface area contributed by atoms with Gasteiger partial charge in [-0.05, 0) is 48.2 Å². The van der Waals surface area contributed by atoms with Gasteiger partial charge in [0.05, 0.1) is 27.4 Å². The van der Waals surface area contributed by atoms with Crippen molar-refractivity contribution in [3.8, 4) is 28.7 Å².